The van der Waals surface area contributed by atoms with Crippen molar-refractivity contribution in [2.75, 3.05) is 0 Å². The molecule has 1 unspecified atom stereocenters. The molecular formula is C14H21Cl. The van der Waals surface area contributed by atoms with Crippen LogP contribution in [0.2, 0.25) is 0 Å². The second-order valence-electron chi connectivity index (χ2n) is 4.42. The van der Waals surface area contributed by atoms with E-state index in [9.17, 15) is 0 Å². The van der Waals surface area contributed by atoms with Gasteiger partial charge in [-0.3, -0.25) is 0 Å². The zero-order chi connectivity index (χ0) is 11.4. The zero-order valence-corrected chi connectivity index (χ0v) is 11.0. The van der Waals surface area contributed by atoms with E-state index in [0.717, 1.165) is 6.42 Å². The Balaban J connectivity index is 2.92. The molecule has 1 atom stereocenters. The molecule has 1 aromatic carbocycles. The lowest BCUT2D eigenvalue weighted by molar-refractivity contribution is 0.696. The maximum atomic E-state index is 6.45. The lowest BCUT2D eigenvalue weighted by Gasteiger charge is -2.16. The van der Waals surface area contributed by atoms with Gasteiger partial charge in [-0.15, -0.1) is 11.6 Å². The van der Waals surface area contributed by atoms with E-state index in [1.165, 1.54) is 35.1 Å². The molecule has 0 fully saturated rings. The molecule has 0 saturated carbocycles. The molecular weight excluding hydrogens is 204 g/mol. The minimum Gasteiger partial charge on any atom is -0.118 e. The summed E-state index contributed by atoms with van der Waals surface area (Å²) in [5.41, 5.74) is 5.34. The molecule has 0 radical (unpaired) electrons. The number of alkyl halides is 1. The topological polar surface area (TPSA) is 0 Å². The molecule has 0 aromatic heterocycles. The number of unbranched alkanes of at least 4 members (excludes halogenated alkanes) is 1. The van der Waals surface area contributed by atoms with Crippen LogP contribution in [0.5, 0.6) is 0 Å². The molecule has 0 spiro atoms. The van der Waals surface area contributed by atoms with Gasteiger partial charge >= 0.3 is 0 Å². The van der Waals surface area contributed by atoms with Crippen molar-refractivity contribution in [3.8, 4) is 0 Å². The molecule has 0 heterocycles. The van der Waals surface area contributed by atoms with E-state index in [4.69, 9.17) is 11.6 Å². The predicted octanol–water partition coefficient (Wildman–Crippen LogP) is 5.08. The summed E-state index contributed by atoms with van der Waals surface area (Å²) in [7, 11) is 0. The highest BCUT2D eigenvalue weighted by Crippen LogP contribution is 2.32. The summed E-state index contributed by atoms with van der Waals surface area (Å²) >= 11 is 6.45. The van der Waals surface area contributed by atoms with Crippen molar-refractivity contribution < 1.29 is 0 Å². The van der Waals surface area contributed by atoms with E-state index in [0.29, 0.717) is 0 Å². The molecule has 0 nitrogen and oxygen atoms in total. The van der Waals surface area contributed by atoms with Crippen molar-refractivity contribution in [3.63, 3.8) is 0 Å². The summed E-state index contributed by atoms with van der Waals surface area (Å²) in [4.78, 5) is 0. The van der Waals surface area contributed by atoms with Gasteiger partial charge in [0.05, 0.1) is 5.38 Å². The van der Waals surface area contributed by atoms with Gasteiger partial charge in [0.2, 0.25) is 0 Å². The van der Waals surface area contributed by atoms with Crippen LogP contribution in [-0.4, -0.2) is 0 Å². The highest BCUT2D eigenvalue weighted by atomic mass is 35.5. The summed E-state index contributed by atoms with van der Waals surface area (Å²) in [6.07, 6.45) is 3.51. The van der Waals surface area contributed by atoms with Gasteiger partial charge in [0.1, 0.15) is 0 Å². The molecule has 1 rings (SSSR count). The van der Waals surface area contributed by atoms with Crippen LogP contribution in [0.3, 0.4) is 0 Å². The van der Waals surface area contributed by atoms with E-state index in [-0.39, 0.29) is 5.38 Å². The van der Waals surface area contributed by atoms with Gasteiger partial charge < -0.3 is 0 Å². The zero-order valence-electron chi connectivity index (χ0n) is 10.2. The molecule has 0 aliphatic rings. The molecule has 15 heavy (non-hydrogen) atoms. The third-order valence-corrected chi connectivity index (χ3v) is 3.30. The molecule has 0 saturated heterocycles. The fraction of sp³-hybridized carbons (Fsp3) is 0.571. The number of halogens is 1. The fourth-order valence-electron chi connectivity index (χ4n) is 2.21. The minimum atomic E-state index is 0.186. The Kier molecular flexibility index (Phi) is 4.66. The predicted molar refractivity (Wildman–Crippen MR) is 68.8 cm³/mol. The van der Waals surface area contributed by atoms with Gasteiger partial charge in [-0.1, -0.05) is 37.5 Å². The molecule has 1 aromatic rings. The van der Waals surface area contributed by atoms with E-state index in [2.05, 4.69) is 39.8 Å². The van der Waals surface area contributed by atoms with Crippen LogP contribution in [-0.2, 0) is 0 Å². The summed E-state index contributed by atoms with van der Waals surface area (Å²) in [6, 6.07) is 4.45. The van der Waals surface area contributed by atoms with Gasteiger partial charge in [-0.05, 0) is 43.9 Å². The molecule has 0 aliphatic heterocycles. The molecule has 0 amide bonds. The van der Waals surface area contributed by atoms with Gasteiger partial charge in [0.15, 0.2) is 0 Å². The Bertz CT molecular complexity index is 305. The van der Waals surface area contributed by atoms with E-state index >= 15 is 0 Å². The second-order valence-corrected chi connectivity index (χ2v) is 4.95. The first-order valence-corrected chi connectivity index (χ1v) is 6.21. The van der Waals surface area contributed by atoms with Crippen molar-refractivity contribution in [3.05, 3.63) is 34.4 Å². The summed E-state index contributed by atoms with van der Waals surface area (Å²) in [5, 5.41) is 0.186. The van der Waals surface area contributed by atoms with Gasteiger partial charge in [0.25, 0.3) is 0 Å². The van der Waals surface area contributed by atoms with Crippen molar-refractivity contribution in [1.29, 1.82) is 0 Å². The first-order valence-electron chi connectivity index (χ1n) is 5.78. The van der Waals surface area contributed by atoms with Crippen molar-refractivity contribution in [2.24, 2.45) is 0 Å². The first-order chi connectivity index (χ1) is 7.06. The Morgan fingerprint density at radius 2 is 1.67 bits per heavy atom. The van der Waals surface area contributed by atoms with Gasteiger partial charge in [-0.2, -0.15) is 0 Å². The van der Waals surface area contributed by atoms with Crippen molar-refractivity contribution in [2.45, 2.75) is 52.3 Å². The lowest BCUT2D eigenvalue weighted by Crippen LogP contribution is -1.98. The maximum Gasteiger partial charge on any atom is 0.0590 e. The normalized spacial score (nSPS) is 12.9. The third kappa shape index (κ3) is 3.24. The van der Waals surface area contributed by atoms with Crippen molar-refractivity contribution >= 4 is 11.6 Å². The van der Waals surface area contributed by atoms with Crippen LogP contribution in [0, 0.1) is 20.8 Å². The Labute approximate surface area is 98.7 Å². The minimum absolute atomic E-state index is 0.186. The number of hydrogen-bond acceptors (Lipinski definition) is 0. The highest BCUT2D eigenvalue weighted by molar-refractivity contribution is 6.21. The Morgan fingerprint density at radius 3 is 2.13 bits per heavy atom. The fourth-order valence-corrected chi connectivity index (χ4v) is 2.71. The summed E-state index contributed by atoms with van der Waals surface area (Å²) < 4.78 is 0. The van der Waals surface area contributed by atoms with Gasteiger partial charge in [-0.25, -0.2) is 0 Å². The summed E-state index contributed by atoms with van der Waals surface area (Å²) in [5.74, 6) is 0. The maximum absolute atomic E-state index is 6.45. The number of aryl methyl sites for hydroxylation is 3. The lowest BCUT2D eigenvalue weighted by atomic mass is 9.95. The Hall–Kier alpha value is -0.490. The van der Waals surface area contributed by atoms with Crippen LogP contribution in [0.25, 0.3) is 0 Å². The third-order valence-electron chi connectivity index (χ3n) is 2.86. The monoisotopic (exact) mass is 224 g/mol. The average molecular weight is 225 g/mol. The van der Waals surface area contributed by atoms with Crippen LogP contribution in [0.15, 0.2) is 12.1 Å². The second kappa shape index (κ2) is 5.55. The number of benzene rings is 1. The molecule has 0 aliphatic carbocycles. The molecule has 0 N–H and O–H groups in total. The smallest absolute Gasteiger partial charge is 0.0590 e. The van der Waals surface area contributed by atoms with E-state index in [1.54, 1.807) is 0 Å². The van der Waals surface area contributed by atoms with Crippen LogP contribution < -0.4 is 0 Å². The number of hydrogen-bond donors (Lipinski definition) is 0. The van der Waals surface area contributed by atoms with Crippen LogP contribution in [0.4, 0.5) is 0 Å². The summed E-state index contributed by atoms with van der Waals surface area (Å²) in [6.45, 7) is 8.67. The number of rotatable bonds is 4. The largest absolute Gasteiger partial charge is 0.118 e. The van der Waals surface area contributed by atoms with Crippen molar-refractivity contribution in [1.82, 2.24) is 0 Å². The molecule has 84 valence electrons. The SMILES string of the molecule is CCCCC(Cl)c1c(C)cc(C)cc1C. The Morgan fingerprint density at radius 1 is 1.13 bits per heavy atom. The van der Waals surface area contributed by atoms with E-state index < -0.39 is 0 Å². The van der Waals surface area contributed by atoms with Crippen LogP contribution >= 0.6 is 11.6 Å². The first kappa shape index (κ1) is 12.6. The standard InChI is InChI=1S/C14H21Cl/c1-5-6-7-13(15)14-11(3)8-10(2)9-12(14)4/h8-9,13H,5-7H2,1-4H3. The quantitative estimate of drug-likeness (QED) is 0.626. The van der Waals surface area contributed by atoms with E-state index in [1.807, 2.05) is 0 Å². The molecule has 0 bridgehead atoms. The molecule has 1 heteroatoms. The van der Waals surface area contributed by atoms with Gasteiger partial charge in [0, 0.05) is 0 Å². The average Bonchev–Trinajstić information content (AvgIpc) is 2.12. The highest BCUT2D eigenvalue weighted by Gasteiger charge is 2.13. The van der Waals surface area contributed by atoms with Crippen LogP contribution in [0.1, 0.15) is 53.8 Å².